The molecule has 5 rings (SSSR count). The molecular weight excluding hydrogens is 486 g/mol. The van der Waals surface area contributed by atoms with Gasteiger partial charge in [-0.2, -0.15) is 0 Å². The van der Waals surface area contributed by atoms with Crippen LogP contribution in [0.15, 0.2) is 78.9 Å². The molecule has 196 valence electrons. The molecule has 0 aromatic heterocycles. The summed E-state index contributed by atoms with van der Waals surface area (Å²) in [6, 6.07) is 21.4. The fraction of sp³-hybridized carbons (Fsp3) is 0.310. The van der Waals surface area contributed by atoms with Crippen molar-refractivity contribution in [2.45, 2.75) is 44.8 Å². The Bertz CT molecular complexity index is 1310. The highest BCUT2D eigenvalue weighted by Gasteiger charge is 2.60. The molecular formula is C29H29N3O6. The van der Waals surface area contributed by atoms with Gasteiger partial charge in [0.1, 0.15) is 11.7 Å². The molecule has 3 aromatic rings. The number of nitro groups is 1. The number of fused-ring (bicyclic) bond motifs is 1. The van der Waals surface area contributed by atoms with Gasteiger partial charge in [-0.3, -0.25) is 24.5 Å². The van der Waals surface area contributed by atoms with E-state index in [4.69, 9.17) is 9.57 Å². The Morgan fingerprint density at radius 1 is 0.895 bits per heavy atom. The second kappa shape index (κ2) is 11.0. The van der Waals surface area contributed by atoms with Crippen LogP contribution in [0, 0.1) is 16.0 Å². The van der Waals surface area contributed by atoms with E-state index >= 15 is 0 Å². The summed E-state index contributed by atoms with van der Waals surface area (Å²) < 4.78 is 5.79. The van der Waals surface area contributed by atoms with E-state index in [1.807, 2.05) is 18.2 Å². The summed E-state index contributed by atoms with van der Waals surface area (Å²) in [5, 5.41) is 13.0. The molecule has 2 aliphatic heterocycles. The number of nitro benzene ring substituents is 1. The van der Waals surface area contributed by atoms with Gasteiger partial charge < -0.3 is 4.74 Å². The SMILES string of the molecule is CCCCCCOc1ccc(N2C(=O)[C@H]3[C@@H](c4cccc([N+](=O)[O-])c4)N(c4ccccc4)O[C@H]3C2=O)cc1. The van der Waals surface area contributed by atoms with Crippen LogP contribution in [0.3, 0.4) is 0 Å². The lowest BCUT2D eigenvalue weighted by atomic mass is 9.90. The zero-order valence-corrected chi connectivity index (χ0v) is 21.1. The van der Waals surface area contributed by atoms with Crippen molar-refractivity contribution in [2.75, 3.05) is 16.6 Å². The molecule has 3 atom stereocenters. The number of para-hydroxylation sites is 1. The third-order valence-corrected chi connectivity index (χ3v) is 6.91. The molecule has 2 fully saturated rings. The van der Waals surface area contributed by atoms with Crippen molar-refractivity contribution in [1.82, 2.24) is 0 Å². The van der Waals surface area contributed by atoms with Gasteiger partial charge in [0.25, 0.3) is 11.6 Å². The number of non-ortho nitro benzene ring substituents is 1. The number of anilines is 2. The maximum Gasteiger partial charge on any atom is 0.269 e. The van der Waals surface area contributed by atoms with E-state index < -0.39 is 34.8 Å². The molecule has 2 saturated heterocycles. The summed E-state index contributed by atoms with van der Waals surface area (Å²) in [7, 11) is 0. The van der Waals surface area contributed by atoms with Gasteiger partial charge in [-0.15, -0.1) is 0 Å². The standard InChI is InChI=1S/C29H29N3O6/c1-2-3-4-8-18-37-24-16-14-21(15-17-24)30-28(33)25-26(20-10-9-13-23(19-20)32(35)36)31(38-27(25)29(30)34)22-11-6-5-7-12-22/h5-7,9-17,19,25-27H,2-4,8,18H2,1H3/t25-,26+,27+/m0/s1. The lowest BCUT2D eigenvalue weighted by Crippen LogP contribution is -2.37. The molecule has 2 aliphatic rings. The molecule has 3 aromatic carbocycles. The number of hydrogen-bond donors (Lipinski definition) is 0. The quantitative estimate of drug-likeness (QED) is 0.150. The summed E-state index contributed by atoms with van der Waals surface area (Å²) in [5.41, 5.74) is 1.50. The average Bonchev–Trinajstić information content (AvgIpc) is 3.45. The number of carbonyl (C=O) groups excluding carboxylic acids is 2. The van der Waals surface area contributed by atoms with Crippen molar-refractivity contribution in [3.8, 4) is 5.75 Å². The molecule has 0 unspecified atom stereocenters. The smallest absolute Gasteiger partial charge is 0.269 e. The predicted octanol–water partition coefficient (Wildman–Crippen LogP) is 5.61. The summed E-state index contributed by atoms with van der Waals surface area (Å²) >= 11 is 0. The Labute approximate surface area is 220 Å². The number of nitrogens with zero attached hydrogens (tertiary/aromatic N) is 3. The van der Waals surface area contributed by atoms with Crippen LogP contribution in [0.2, 0.25) is 0 Å². The number of ether oxygens (including phenoxy) is 1. The van der Waals surface area contributed by atoms with E-state index in [2.05, 4.69) is 6.92 Å². The topological polar surface area (TPSA) is 102 Å². The second-order valence-electron chi connectivity index (χ2n) is 9.42. The first-order valence-corrected chi connectivity index (χ1v) is 12.9. The molecule has 9 nitrogen and oxygen atoms in total. The largest absolute Gasteiger partial charge is 0.494 e. The number of carbonyl (C=O) groups is 2. The summed E-state index contributed by atoms with van der Waals surface area (Å²) in [5.74, 6) is -1.09. The second-order valence-corrected chi connectivity index (χ2v) is 9.42. The van der Waals surface area contributed by atoms with Crippen LogP contribution in [0.5, 0.6) is 5.75 Å². The number of unbranched alkanes of at least 4 members (excludes halogenated alkanes) is 3. The number of imide groups is 1. The number of rotatable bonds is 10. The van der Waals surface area contributed by atoms with Crippen LogP contribution in [-0.4, -0.2) is 29.4 Å². The Hall–Kier alpha value is -4.24. The zero-order chi connectivity index (χ0) is 26.6. The lowest BCUT2D eigenvalue weighted by Gasteiger charge is -2.28. The summed E-state index contributed by atoms with van der Waals surface area (Å²) in [6.45, 7) is 2.77. The number of hydrogen-bond acceptors (Lipinski definition) is 7. The van der Waals surface area contributed by atoms with Crippen molar-refractivity contribution in [3.05, 3.63) is 94.5 Å². The molecule has 0 bridgehead atoms. The van der Waals surface area contributed by atoms with E-state index in [9.17, 15) is 19.7 Å². The minimum absolute atomic E-state index is 0.0992. The summed E-state index contributed by atoms with van der Waals surface area (Å²) in [6.07, 6.45) is 3.35. The van der Waals surface area contributed by atoms with Crippen molar-refractivity contribution >= 4 is 28.9 Å². The normalized spacial score (nSPS) is 20.6. The van der Waals surface area contributed by atoms with Crippen molar-refractivity contribution < 1.29 is 24.1 Å². The first-order chi connectivity index (χ1) is 18.5. The van der Waals surface area contributed by atoms with Gasteiger partial charge in [-0.25, -0.2) is 9.96 Å². The predicted molar refractivity (Wildman–Crippen MR) is 142 cm³/mol. The van der Waals surface area contributed by atoms with Crippen LogP contribution >= 0.6 is 0 Å². The number of hydroxylamine groups is 1. The van der Waals surface area contributed by atoms with Crippen molar-refractivity contribution in [1.29, 1.82) is 0 Å². The molecule has 0 radical (unpaired) electrons. The first-order valence-electron chi connectivity index (χ1n) is 12.9. The highest BCUT2D eigenvalue weighted by Crippen LogP contribution is 2.48. The van der Waals surface area contributed by atoms with Gasteiger partial charge >= 0.3 is 0 Å². The maximum absolute atomic E-state index is 13.8. The van der Waals surface area contributed by atoms with Crippen LogP contribution < -0.4 is 14.7 Å². The van der Waals surface area contributed by atoms with Crippen LogP contribution in [0.25, 0.3) is 0 Å². The van der Waals surface area contributed by atoms with Gasteiger partial charge in [0, 0.05) is 12.1 Å². The van der Waals surface area contributed by atoms with Crippen LogP contribution in [0.4, 0.5) is 17.1 Å². The average molecular weight is 516 g/mol. The third-order valence-electron chi connectivity index (χ3n) is 6.91. The highest BCUT2D eigenvalue weighted by molar-refractivity contribution is 6.23. The molecule has 0 saturated carbocycles. The van der Waals surface area contributed by atoms with Crippen LogP contribution in [0.1, 0.15) is 44.2 Å². The molecule has 0 spiro atoms. The van der Waals surface area contributed by atoms with E-state index in [1.165, 1.54) is 23.6 Å². The monoisotopic (exact) mass is 515 g/mol. The molecule has 2 heterocycles. The Balaban J connectivity index is 1.41. The van der Waals surface area contributed by atoms with Crippen molar-refractivity contribution in [2.24, 2.45) is 5.92 Å². The Morgan fingerprint density at radius 2 is 1.66 bits per heavy atom. The first kappa shape index (κ1) is 25.4. The van der Waals surface area contributed by atoms with Gasteiger partial charge in [0.05, 0.1) is 28.9 Å². The number of benzene rings is 3. The fourth-order valence-electron chi connectivity index (χ4n) is 5.04. The molecule has 0 aliphatic carbocycles. The summed E-state index contributed by atoms with van der Waals surface area (Å²) in [4.78, 5) is 45.5. The van der Waals surface area contributed by atoms with Crippen molar-refractivity contribution in [3.63, 3.8) is 0 Å². The fourth-order valence-corrected chi connectivity index (χ4v) is 5.04. The molecule has 38 heavy (non-hydrogen) atoms. The maximum atomic E-state index is 13.8. The van der Waals surface area contributed by atoms with E-state index in [1.54, 1.807) is 48.5 Å². The van der Waals surface area contributed by atoms with Crippen LogP contribution in [-0.2, 0) is 14.4 Å². The highest BCUT2D eigenvalue weighted by atomic mass is 16.7. The minimum Gasteiger partial charge on any atom is -0.494 e. The van der Waals surface area contributed by atoms with E-state index in [-0.39, 0.29) is 5.69 Å². The Kier molecular flexibility index (Phi) is 7.37. The Morgan fingerprint density at radius 3 is 2.37 bits per heavy atom. The minimum atomic E-state index is -1.05. The van der Waals surface area contributed by atoms with Gasteiger partial charge in [0.15, 0.2) is 6.10 Å². The van der Waals surface area contributed by atoms with E-state index in [0.717, 1.165) is 24.2 Å². The molecule has 0 N–H and O–H groups in total. The lowest BCUT2D eigenvalue weighted by molar-refractivity contribution is -0.384. The number of amides is 2. The van der Waals surface area contributed by atoms with Gasteiger partial charge in [-0.1, -0.05) is 56.5 Å². The molecule has 2 amide bonds. The zero-order valence-electron chi connectivity index (χ0n) is 21.1. The molecule has 9 heteroatoms. The van der Waals surface area contributed by atoms with Gasteiger partial charge in [0.2, 0.25) is 5.91 Å². The third kappa shape index (κ3) is 4.84. The van der Waals surface area contributed by atoms with Gasteiger partial charge in [-0.05, 0) is 48.4 Å². The van der Waals surface area contributed by atoms with E-state index in [0.29, 0.717) is 29.3 Å².